The van der Waals surface area contributed by atoms with Crippen molar-refractivity contribution < 1.29 is 14.6 Å². The molecule has 1 aromatic heterocycles. The molecule has 1 aliphatic heterocycles. The van der Waals surface area contributed by atoms with Crippen molar-refractivity contribution >= 4 is 17.5 Å². The van der Waals surface area contributed by atoms with E-state index in [1.165, 1.54) is 0 Å². The molecule has 31 heavy (non-hydrogen) atoms. The molecule has 0 bridgehead atoms. The fourth-order valence-corrected chi connectivity index (χ4v) is 3.74. The molecular formula is C21H27ClN6O3. The normalized spacial score (nSPS) is 16.1. The first-order chi connectivity index (χ1) is 14.9. The lowest BCUT2D eigenvalue weighted by atomic mass is 10.1. The Morgan fingerprint density at radius 3 is 2.81 bits per heavy atom. The van der Waals surface area contributed by atoms with E-state index in [9.17, 15) is 9.90 Å². The summed E-state index contributed by atoms with van der Waals surface area (Å²) in [4.78, 5) is 14.5. The lowest BCUT2D eigenvalue weighted by molar-refractivity contribution is 0.0593. The third kappa shape index (κ3) is 6.17. The number of nitriles is 1. The van der Waals surface area contributed by atoms with Crippen LogP contribution >= 0.6 is 11.6 Å². The third-order valence-corrected chi connectivity index (χ3v) is 5.52. The summed E-state index contributed by atoms with van der Waals surface area (Å²) in [7, 11) is 0. The van der Waals surface area contributed by atoms with Gasteiger partial charge in [-0.25, -0.2) is 0 Å². The zero-order valence-corrected chi connectivity index (χ0v) is 18.4. The highest BCUT2D eigenvalue weighted by Gasteiger charge is 2.24. The average molecular weight is 447 g/mol. The zero-order valence-electron chi connectivity index (χ0n) is 17.6. The summed E-state index contributed by atoms with van der Waals surface area (Å²) >= 11 is 6.06. The van der Waals surface area contributed by atoms with Crippen molar-refractivity contribution in [3.8, 4) is 11.8 Å². The number of carbonyl (C=O) groups excluding carboxylic acids is 1. The van der Waals surface area contributed by atoms with Gasteiger partial charge in [0.1, 0.15) is 17.9 Å². The van der Waals surface area contributed by atoms with E-state index >= 15 is 0 Å². The van der Waals surface area contributed by atoms with E-state index < -0.39 is 6.10 Å². The van der Waals surface area contributed by atoms with Crippen molar-refractivity contribution in [1.82, 2.24) is 25.6 Å². The molecule has 1 aliphatic rings. The number of hydrogen-bond acceptors (Lipinski definition) is 7. The Hall–Kier alpha value is -2.67. The summed E-state index contributed by atoms with van der Waals surface area (Å²) in [5, 5.41) is 32.8. The van der Waals surface area contributed by atoms with Crippen molar-refractivity contribution in [3.05, 3.63) is 40.2 Å². The molecule has 9 nitrogen and oxygen atoms in total. The van der Waals surface area contributed by atoms with Crippen LogP contribution in [0.5, 0.6) is 5.75 Å². The highest BCUT2D eigenvalue weighted by Crippen LogP contribution is 2.25. The van der Waals surface area contributed by atoms with Crippen LogP contribution in [0.4, 0.5) is 0 Å². The predicted octanol–water partition coefficient (Wildman–Crippen LogP) is 2.09. The van der Waals surface area contributed by atoms with Crippen molar-refractivity contribution in [2.24, 2.45) is 0 Å². The summed E-state index contributed by atoms with van der Waals surface area (Å²) in [5.41, 5.74) is 1.30. The molecule has 0 spiro atoms. The Morgan fingerprint density at radius 2 is 2.16 bits per heavy atom. The van der Waals surface area contributed by atoms with Gasteiger partial charge in [0.15, 0.2) is 5.69 Å². The quantitative estimate of drug-likeness (QED) is 0.566. The maximum Gasteiger partial charge on any atom is 0.273 e. The molecule has 166 valence electrons. The monoisotopic (exact) mass is 446 g/mol. The number of nitrogens with zero attached hydrogens (tertiary/aromatic N) is 4. The summed E-state index contributed by atoms with van der Waals surface area (Å²) in [5.74, 6) is 0.386. The Morgan fingerprint density at radius 1 is 1.42 bits per heavy atom. The molecule has 1 saturated heterocycles. The van der Waals surface area contributed by atoms with Gasteiger partial charge in [-0.2, -0.15) is 20.7 Å². The number of ether oxygens (including phenoxy) is 1. The van der Waals surface area contributed by atoms with Gasteiger partial charge in [-0.3, -0.25) is 4.79 Å². The van der Waals surface area contributed by atoms with Crippen LogP contribution in [-0.4, -0.2) is 69.7 Å². The molecule has 0 radical (unpaired) electrons. The van der Waals surface area contributed by atoms with E-state index in [4.69, 9.17) is 21.6 Å². The maximum atomic E-state index is 12.3. The number of aromatic nitrogens is 3. The van der Waals surface area contributed by atoms with Gasteiger partial charge in [-0.1, -0.05) is 25.4 Å². The maximum absolute atomic E-state index is 12.3. The number of aromatic amines is 1. The SMILES string of the molecule is CC(C)c1n[nH]nc1C(=O)NC[C@@H](O)CN1CCC(Oc2ccc(C#N)c(Cl)c2)CC1. The number of aliphatic hydroxyl groups is 1. The van der Waals surface area contributed by atoms with Crippen molar-refractivity contribution in [2.45, 2.75) is 44.8 Å². The second-order valence-electron chi connectivity index (χ2n) is 7.95. The molecule has 0 aliphatic carbocycles. The first-order valence-electron chi connectivity index (χ1n) is 10.3. The van der Waals surface area contributed by atoms with Gasteiger partial charge >= 0.3 is 0 Å². The standard InChI is InChI=1S/C21H27ClN6O3/c1-13(2)19-20(26-27-25-19)21(30)24-11-15(29)12-28-7-5-16(6-8-28)31-17-4-3-14(10-23)18(22)9-17/h3-4,9,13,15-16,29H,5-8,11-12H2,1-2H3,(H,24,30)(H,25,26,27)/t15-/m1/s1. The van der Waals surface area contributed by atoms with Gasteiger partial charge in [-0.15, -0.1) is 0 Å². The number of benzene rings is 1. The van der Waals surface area contributed by atoms with E-state index in [2.05, 4.69) is 25.6 Å². The number of nitrogens with one attached hydrogen (secondary N) is 2. The minimum atomic E-state index is -0.687. The first kappa shape index (κ1) is 23.0. The summed E-state index contributed by atoms with van der Waals surface area (Å²) in [6.45, 7) is 6.04. The first-order valence-corrected chi connectivity index (χ1v) is 10.7. The van der Waals surface area contributed by atoms with Crippen LogP contribution in [0.25, 0.3) is 0 Å². The van der Waals surface area contributed by atoms with E-state index in [0.29, 0.717) is 28.6 Å². The van der Waals surface area contributed by atoms with Gasteiger partial charge in [0.2, 0.25) is 0 Å². The molecule has 2 heterocycles. The molecule has 3 rings (SSSR count). The Kier molecular flexibility index (Phi) is 7.85. The molecule has 1 atom stereocenters. The lowest BCUT2D eigenvalue weighted by Gasteiger charge is -2.33. The van der Waals surface area contributed by atoms with Gasteiger partial charge in [0, 0.05) is 32.2 Å². The van der Waals surface area contributed by atoms with Crippen LogP contribution in [0, 0.1) is 11.3 Å². The summed E-state index contributed by atoms with van der Waals surface area (Å²) in [6.07, 6.45) is 0.993. The number of hydrogen-bond donors (Lipinski definition) is 3. The van der Waals surface area contributed by atoms with Crippen molar-refractivity contribution in [3.63, 3.8) is 0 Å². The molecule has 0 saturated carbocycles. The van der Waals surface area contributed by atoms with Crippen LogP contribution in [0.2, 0.25) is 5.02 Å². The van der Waals surface area contributed by atoms with E-state index in [-0.39, 0.29) is 30.2 Å². The van der Waals surface area contributed by atoms with Gasteiger partial charge in [0.05, 0.1) is 22.4 Å². The largest absolute Gasteiger partial charge is 0.490 e. The fourth-order valence-electron chi connectivity index (χ4n) is 3.53. The molecule has 2 aromatic rings. The Bertz CT molecular complexity index is 933. The third-order valence-electron chi connectivity index (χ3n) is 5.20. The number of likely N-dealkylation sites (tertiary alicyclic amines) is 1. The minimum absolute atomic E-state index is 0.0544. The van der Waals surface area contributed by atoms with E-state index in [0.717, 1.165) is 25.9 Å². The molecule has 1 fully saturated rings. The van der Waals surface area contributed by atoms with Gasteiger partial charge < -0.3 is 20.1 Å². The Labute approximate surface area is 186 Å². The van der Waals surface area contributed by atoms with Crippen LogP contribution in [-0.2, 0) is 0 Å². The van der Waals surface area contributed by atoms with Crippen LogP contribution < -0.4 is 10.1 Å². The number of aliphatic hydroxyl groups excluding tert-OH is 1. The number of amides is 1. The molecule has 1 aromatic carbocycles. The predicted molar refractivity (Wildman–Crippen MR) is 115 cm³/mol. The number of carbonyl (C=O) groups is 1. The topological polar surface area (TPSA) is 127 Å². The van der Waals surface area contributed by atoms with Crippen LogP contribution in [0.3, 0.4) is 0 Å². The molecule has 3 N–H and O–H groups in total. The number of piperidine rings is 1. The van der Waals surface area contributed by atoms with Gasteiger partial charge in [0.25, 0.3) is 5.91 Å². The number of halogens is 1. The molecule has 10 heteroatoms. The lowest BCUT2D eigenvalue weighted by Crippen LogP contribution is -2.45. The Balaban J connectivity index is 1.40. The fraction of sp³-hybridized carbons (Fsp3) is 0.524. The summed E-state index contributed by atoms with van der Waals surface area (Å²) < 4.78 is 5.98. The second kappa shape index (κ2) is 10.6. The number of rotatable bonds is 8. The van der Waals surface area contributed by atoms with Crippen LogP contribution in [0.1, 0.15) is 54.4 Å². The number of β-amino-alcohol motifs (C(OH)–C–C–N with tert-alkyl or cyclic N) is 1. The smallest absolute Gasteiger partial charge is 0.273 e. The summed E-state index contributed by atoms with van der Waals surface area (Å²) in [6, 6.07) is 7.10. The van der Waals surface area contributed by atoms with E-state index in [1.54, 1.807) is 18.2 Å². The van der Waals surface area contributed by atoms with Crippen molar-refractivity contribution in [2.75, 3.05) is 26.2 Å². The number of H-pyrrole nitrogens is 1. The second-order valence-corrected chi connectivity index (χ2v) is 8.35. The molecule has 1 amide bonds. The van der Waals surface area contributed by atoms with E-state index in [1.807, 2.05) is 19.9 Å². The highest BCUT2D eigenvalue weighted by atomic mass is 35.5. The minimum Gasteiger partial charge on any atom is -0.490 e. The average Bonchev–Trinajstić information content (AvgIpc) is 3.24. The highest BCUT2D eigenvalue weighted by molar-refractivity contribution is 6.31. The zero-order chi connectivity index (χ0) is 22.4. The van der Waals surface area contributed by atoms with Gasteiger partial charge in [-0.05, 0) is 30.9 Å². The van der Waals surface area contributed by atoms with Crippen LogP contribution in [0.15, 0.2) is 18.2 Å². The molecular weight excluding hydrogens is 420 g/mol. The van der Waals surface area contributed by atoms with Crippen molar-refractivity contribution in [1.29, 1.82) is 5.26 Å². The molecule has 0 unspecified atom stereocenters.